The molecule has 6 heteroatoms. The Hall–Kier alpha value is -1.33. The Kier molecular flexibility index (Phi) is 7.99. The maximum Gasteiger partial charge on any atom is 0.319 e. The third kappa shape index (κ3) is 6.73. The zero-order valence-electron chi connectivity index (χ0n) is 11.5. The molecule has 0 saturated carbocycles. The summed E-state index contributed by atoms with van der Waals surface area (Å²) in [6.07, 6.45) is 2.90. The number of hydrogen-bond acceptors (Lipinski definition) is 2. The lowest BCUT2D eigenvalue weighted by Crippen LogP contribution is -2.30. The fourth-order valence-electron chi connectivity index (χ4n) is 1.47. The highest BCUT2D eigenvalue weighted by atomic mass is 35.5. The van der Waals surface area contributed by atoms with Gasteiger partial charge in [-0.05, 0) is 31.0 Å². The molecular formula is C14H20ClFN2O2. The van der Waals surface area contributed by atoms with Crippen LogP contribution in [0.4, 0.5) is 14.9 Å². The Morgan fingerprint density at radius 3 is 2.80 bits per heavy atom. The monoisotopic (exact) mass is 302 g/mol. The minimum Gasteiger partial charge on any atom is -0.381 e. The Morgan fingerprint density at radius 1 is 1.35 bits per heavy atom. The van der Waals surface area contributed by atoms with E-state index in [9.17, 15) is 9.18 Å². The molecule has 0 aromatic heterocycles. The topological polar surface area (TPSA) is 50.4 Å². The first-order chi connectivity index (χ1) is 9.63. The zero-order chi connectivity index (χ0) is 14.8. The number of benzene rings is 1. The molecule has 2 N–H and O–H groups in total. The summed E-state index contributed by atoms with van der Waals surface area (Å²) < 4.78 is 18.5. The Labute approximate surface area is 123 Å². The van der Waals surface area contributed by atoms with Gasteiger partial charge in [-0.2, -0.15) is 0 Å². The van der Waals surface area contributed by atoms with Crippen LogP contribution in [0.15, 0.2) is 18.2 Å². The molecule has 0 fully saturated rings. The molecule has 0 aliphatic heterocycles. The Balaban J connectivity index is 2.15. The van der Waals surface area contributed by atoms with Gasteiger partial charge in [-0.1, -0.05) is 24.9 Å². The fourth-order valence-corrected chi connectivity index (χ4v) is 1.59. The largest absolute Gasteiger partial charge is 0.381 e. The Morgan fingerprint density at radius 2 is 2.10 bits per heavy atom. The van der Waals surface area contributed by atoms with Crippen LogP contribution in [-0.2, 0) is 4.74 Å². The van der Waals surface area contributed by atoms with E-state index in [0.717, 1.165) is 25.9 Å². The summed E-state index contributed by atoms with van der Waals surface area (Å²) in [6, 6.07) is 3.74. The fraction of sp³-hybridized carbons (Fsp3) is 0.500. The van der Waals surface area contributed by atoms with Crippen molar-refractivity contribution in [3.63, 3.8) is 0 Å². The van der Waals surface area contributed by atoms with Crippen LogP contribution in [0.5, 0.6) is 0 Å². The summed E-state index contributed by atoms with van der Waals surface area (Å²) in [5.41, 5.74) is 0.364. The van der Waals surface area contributed by atoms with Crippen molar-refractivity contribution in [2.45, 2.75) is 26.2 Å². The van der Waals surface area contributed by atoms with Gasteiger partial charge in [-0.25, -0.2) is 9.18 Å². The summed E-state index contributed by atoms with van der Waals surface area (Å²) in [6.45, 7) is 3.99. The molecule has 1 aromatic carbocycles. The highest BCUT2D eigenvalue weighted by molar-refractivity contribution is 6.30. The second-order valence-corrected chi connectivity index (χ2v) is 4.74. The number of anilines is 1. The van der Waals surface area contributed by atoms with Crippen LogP contribution in [0.1, 0.15) is 26.2 Å². The van der Waals surface area contributed by atoms with Crippen LogP contribution in [-0.4, -0.2) is 25.8 Å². The predicted octanol–water partition coefficient (Wildman–Crippen LogP) is 3.81. The van der Waals surface area contributed by atoms with E-state index in [0.29, 0.717) is 18.8 Å². The molecule has 2 amide bonds. The molecular weight excluding hydrogens is 283 g/mol. The maximum absolute atomic E-state index is 13.2. The van der Waals surface area contributed by atoms with E-state index in [2.05, 4.69) is 17.6 Å². The van der Waals surface area contributed by atoms with Gasteiger partial charge in [0.1, 0.15) is 5.82 Å². The molecule has 1 rings (SSSR count). The lowest BCUT2D eigenvalue weighted by Gasteiger charge is -2.08. The number of nitrogens with one attached hydrogen (secondary N) is 2. The highest BCUT2D eigenvalue weighted by Crippen LogP contribution is 2.18. The number of unbranched alkanes of at least 4 members (excludes halogenated alkanes) is 1. The SMILES string of the molecule is CCCCOCCCNC(=O)Nc1ccc(Cl)c(F)c1. The first kappa shape index (κ1) is 16.7. The van der Waals surface area contributed by atoms with Crippen molar-refractivity contribution in [3.8, 4) is 0 Å². The number of amides is 2. The molecule has 0 bridgehead atoms. The van der Waals surface area contributed by atoms with Crippen molar-refractivity contribution in [2.75, 3.05) is 25.1 Å². The molecule has 20 heavy (non-hydrogen) atoms. The number of carbonyl (C=O) groups is 1. The molecule has 4 nitrogen and oxygen atoms in total. The number of hydrogen-bond donors (Lipinski definition) is 2. The van der Waals surface area contributed by atoms with Gasteiger partial charge in [-0.3, -0.25) is 0 Å². The van der Waals surface area contributed by atoms with Crippen molar-refractivity contribution in [1.82, 2.24) is 5.32 Å². The van der Waals surface area contributed by atoms with Gasteiger partial charge >= 0.3 is 6.03 Å². The van der Waals surface area contributed by atoms with Gasteiger partial charge in [0.2, 0.25) is 0 Å². The molecule has 0 aliphatic rings. The minimum absolute atomic E-state index is 0.0280. The van der Waals surface area contributed by atoms with E-state index in [1.54, 1.807) is 6.07 Å². The summed E-state index contributed by atoms with van der Waals surface area (Å²) in [7, 11) is 0. The number of ether oxygens (including phenoxy) is 1. The van der Waals surface area contributed by atoms with Crippen molar-refractivity contribution >= 4 is 23.3 Å². The molecule has 112 valence electrons. The summed E-state index contributed by atoms with van der Waals surface area (Å²) in [5.74, 6) is -0.561. The van der Waals surface area contributed by atoms with Gasteiger partial charge in [0, 0.05) is 25.4 Å². The smallest absolute Gasteiger partial charge is 0.319 e. The number of halogens is 2. The standard InChI is InChI=1S/C14H20ClFN2O2/c1-2-3-8-20-9-4-7-17-14(19)18-11-5-6-12(15)13(16)10-11/h5-6,10H,2-4,7-9H2,1H3,(H2,17,18,19). The number of rotatable bonds is 8. The van der Waals surface area contributed by atoms with Crippen LogP contribution < -0.4 is 10.6 Å². The van der Waals surface area contributed by atoms with Crippen LogP contribution in [0, 0.1) is 5.82 Å². The van der Waals surface area contributed by atoms with E-state index in [1.165, 1.54) is 12.1 Å². The van der Waals surface area contributed by atoms with E-state index in [1.807, 2.05) is 0 Å². The second kappa shape index (κ2) is 9.55. The third-order valence-electron chi connectivity index (χ3n) is 2.57. The van der Waals surface area contributed by atoms with Crippen LogP contribution >= 0.6 is 11.6 Å². The molecule has 0 saturated heterocycles. The molecule has 0 aliphatic carbocycles. The van der Waals surface area contributed by atoms with E-state index < -0.39 is 5.82 Å². The first-order valence-electron chi connectivity index (χ1n) is 6.71. The molecule has 0 atom stereocenters. The van der Waals surface area contributed by atoms with Crippen LogP contribution in [0.3, 0.4) is 0 Å². The summed E-state index contributed by atoms with van der Waals surface area (Å²) >= 11 is 5.55. The van der Waals surface area contributed by atoms with Gasteiger partial charge in [0.05, 0.1) is 5.02 Å². The lowest BCUT2D eigenvalue weighted by atomic mass is 10.3. The van der Waals surface area contributed by atoms with Crippen molar-refractivity contribution in [3.05, 3.63) is 29.0 Å². The van der Waals surface area contributed by atoms with Crippen molar-refractivity contribution in [1.29, 1.82) is 0 Å². The number of urea groups is 1. The van der Waals surface area contributed by atoms with Gasteiger partial charge in [0.15, 0.2) is 0 Å². The first-order valence-corrected chi connectivity index (χ1v) is 7.09. The molecule has 0 heterocycles. The van der Waals surface area contributed by atoms with Crippen LogP contribution in [0.2, 0.25) is 5.02 Å². The van der Waals surface area contributed by atoms with Crippen molar-refractivity contribution in [2.24, 2.45) is 0 Å². The minimum atomic E-state index is -0.561. The van der Waals surface area contributed by atoms with Crippen LogP contribution in [0.25, 0.3) is 0 Å². The summed E-state index contributed by atoms with van der Waals surface area (Å²) in [5, 5.41) is 5.23. The highest BCUT2D eigenvalue weighted by Gasteiger charge is 2.04. The maximum atomic E-state index is 13.2. The lowest BCUT2D eigenvalue weighted by molar-refractivity contribution is 0.129. The van der Waals surface area contributed by atoms with Crippen molar-refractivity contribution < 1.29 is 13.9 Å². The molecule has 0 unspecified atom stereocenters. The average Bonchev–Trinajstić information content (AvgIpc) is 2.42. The third-order valence-corrected chi connectivity index (χ3v) is 2.88. The molecule has 1 aromatic rings. The van der Waals surface area contributed by atoms with Gasteiger partial charge in [-0.15, -0.1) is 0 Å². The quantitative estimate of drug-likeness (QED) is 0.718. The normalized spacial score (nSPS) is 10.3. The second-order valence-electron chi connectivity index (χ2n) is 4.33. The van der Waals surface area contributed by atoms with E-state index in [4.69, 9.17) is 16.3 Å². The van der Waals surface area contributed by atoms with E-state index in [-0.39, 0.29) is 11.1 Å². The number of carbonyl (C=O) groups excluding carboxylic acids is 1. The predicted molar refractivity (Wildman–Crippen MR) is 78.8 cm³/mol. The van der Waals surface area contributed by atoms with Gasteiger partial charge < -0.3 is 15.4 Å². The average molecular weight is 303 g/mol. The summed E-state index contributed by atoms with van der Waals surface area (Å²) in [4.78, 5) is 11.5. The molecule has 0 radical (unpaired) electrons. The zero-order valence-corrected chi connectivity index (χ0v) is 12.3. The van der Waals surface area contributed by atoms with E-state index >= 15 is 0 Å². The molecule has 0 spiro atoms. The Bertz CT molecular complexity index is 430. The van der Waals surface area contributed by atoms with Gasteiger partial charge in [0.25, 0.3) is 0 Å².